The Morgan fingerprint density at radius 2 is 0.772 bits per heavy atom. The van der Waals surface area contributed by atoms with Gasteiger partial charge < -0.3 is 14.2 Å². The Labute approximate surface area is 330 Å². The van der Waals surface area contributed by atoms with Crippen LogP contribution in [0.2, 0.25) is 0 Å². The van der Waals surface area contributed by atoms with E-state index < -0.39 is 0 Å². The van der Waals surface area contributed by atoms with E-state index in [1.54, 1.807) is 0 Å². The number of furan rings is 1. The third-order valence-electron chi connectivity index (χ3n) is 11.2. The monoisotopic (exact) mass is 728 g/mol. The van der Waals surface area contributed by atoms with Crippen molar-refractivity contribution < 1.29 is 4.42 Å². The first-order chi connectivity index (χ1) is 28.2. The maximum Gasteiger partial charge on any atom is 0.159 e. The van der Waals surface area contributed by atoms with Crippen LogP contribution in [0, 0.1) is 0 Å². The summed E-state index contributed by atoms with van der Waals surface area (Å²) in [7, 11) is 0. The third kappa shape index (κ3) is 5.76. The number of rotatable bonds is 7. The van der Waals surface area contributed by atoms with Crippen molar-refractivity contribution in [3.05, 3.63) is 218 Å². The molecule has 0 radical (unpaired) electrons. The highest BCUT2D eigenvalue weighted by Gasteiger charge is 2.24. The van der Waals surface area contributed by atoms with E-state index >= 15 is 0 Å². The van der Waals surface area contributed by atoms with Crippen LogP contribution >= 0.6 is 0 Å². The molecule has 0 bridgehead atoms. The molecule has 0 N–H and O–H groups in total. The topological polar surface area (TPSA) is 19.6 Å². The molecular formula is C54H36N2O. The largest absolute Gasteiger partial charge is 0.453 e. The van der Waals surface area contributed by atoms with Crippen molar-refractivity contribution in [3.63, 3.8) is 0 Å². The van der Waals surface area contributed by atoms with Crippen molar-refractivity contribution in [1.82, 2.24) is 0 Å². The first-order valence-electron chi connectivity index (χ1n) is 19.4. The van der Waals surface area contributed by atoms with E-state index in [1.165, 1.54) is 32.7 Å². The fourth-order valence-corrected chi connectivity index (χ4v) is 8.39. The molecule has 0 aliphatic carbocycles. The maximum absolute atomic E-state index is 7.12. The van der Waals surface area contributed by atoms with Crippen LogP contribution in [0.5, 0.6) is 0 Å². The van der Waals surface area contributed by atoms with Gasteiger partial charge in [-0.05, 0) is 105 Å². The summed E-state index contributed by atoms with van der Waals surface area (Å²) in [6.07, 6.45) is 0. The van der Waals surface area contributed by atoms with E-state index in [0.717, 1.165) is 66.8 Å². The molecule has 3 heteroatoms. The molecule has 0 atom stereocenters. The highest BCUT2D eigenvalue weighted by Crippen LogP contribution is 2.48. The van der Waals surface area contributed by atoms with E-state index in [4.69, 9.17) is 4.42 Å². The van der Waals surface area contributed by atoms with Gasteiger partial charge in [-0.3, -0.25) is 0 Å². The minimum absolute atomic E-state index is 0.833. The number of hydrogen-bond acceptors (Lipinski definition) is 3. The van der Waals surface area contributed by atoms with Crippen LogP contribution in [0.15, 0.2) is 223 Å². The van der Waals surface area contributed by atoms with Crippen LogP contribution < -0.4 is 9.80 Å². The van der Waals surface area contributed by atoms with E-state index in [0.29, 0.717) is 0 Å². The molecule has 11 rings (SSSR count). The van der Waals surface area contributed by atoms with Crippen molar-refractivity contribution >= 4 is 88.4 Å². The summed E-state index contributed by atoms with van der Waals surface area (Å²) in [6.45, 7) is 0. The standard InChI is InChI=1S/C54H36N2O/c1-3-13-37(14-4-1)40-23-28-45(29-24-40)55(46-30-25-38-15-7-9-18-42(38)33-46)48-35-51-50-32-27-41-17-11-12-22-49(41)53(50)57-54(51)52(36-48)56(44-20-5-2-6-21-44)47-31-26-39-16-8-10-19-43(39)34-47/h1-36H. The van der Waals surface area contributed by atoms with E-state index in [2.05, 4.69) is 228 Å². The van der Waals surface area contributed by atoms with E-state index in [9.17, 15) is 0 Å². The first kappa shape index (κ1) is 32.8. The summed E-state index contributed by atoms with van der Waals surface area (Å²) >= 11 is 0. The number of para-hydroxylation sites is 1. The predicted octanol–water partition coefficient (Wildman–Crippen LogP) is 15.7. The Morgan fingerprint density at radius 1 is 0.263 bits per heavy atom. The van der Waals surface area contributed by atoms with Gasteiger partial charge in [-0.1, -0.05) is 152 Å². The zero-order chi connectivity index (χ0) is 37.7. The quantitative estimate of drug-likeness (QED) is 0.163. The Balaban J connectivity index is 1.22. The van der Waals surface area contributed by atoms with Crippen molar-refractivity contribution in [3.8, 4) is 11.1 Å². The fraction of sp³-hybridized carbons (Fsp3) is 0. The zero-order valence-corrected chi connectivity index (χ0v) is 31.1. The summed E-state index contributed by atoms with van der Waals surface area (Å²) in [5, 5.41) is 9.14. The summed E-state index contributed by atoms with van der Waals surface area (Å²) in [5.41, 5.74) is 10.3. The van der Waals surface area contributed by atoms with Crippen LogP contribution in [0.3, 0.4) is 0 Å². The summed E-state index contributed by atoms with van der Waals surface area (Å²) in [4.78, 5) is 4.73. The van der Waals surface area contributed by atoms with Crippen LogP contribution in [-0.2, 0) is 0 Å². The Kier molecular flexibility index (Phi) is 7.82. The molecule has 268 valence electrons. The summed E-state index contributed by atoms with van der Waals surface area (Å²) in [6, 6.07) is 78.2. The maximum atomic E-state index is 7.12. The molecule has 0 spiro atoms. The minimum Gasteiger partial charge on any atom is -0.453 e. The van der Waals surface area contributed by atoms with Gasteiger partial charge in [-0.15, -0.1) is 0 Å². The van der Waals surface area contributed by atoms with E-state index in [1.807, 2.05) is 0 Å². The molecule has 11 aromatic rings. The van der Waals surface area contributed by atoms with Gasteiger partial charge >= 0.3 is 0 Å². The highest BCUT2D eigenvalue weighted by atomic mass is 16.3. The Hall–Kier alpha value is -7.62. The highest BCUT2D eigenvalue weighted by molar-refractivity contribution is 6.19. The van der Waals surface area contributed by atoms with Crippen molar-refractivity contribution in [1.29, 1.82) is 0 Å². The molecule has 3 nitrogen and oxygen atoms in total. The molecule has 0 aliphatic heterocycles. The molecule has 0 saturated carbocycles. The Morgan fingerprint density at radius 3 is 1.46 bits per heavy atom. The van der Waals surface area contributed by atoms with Gasteiger partial charge in [-0.2, -0.15) is 0 Å². The molecule has 0 fully saturated rings. The molecule has 57 heavy (non-hydrogen) atoms. The smallest absolute Gasteiger partial charge is 0.159 e. The van der Waals surface area contributed by atoms with E-state index in [-0.39, 0.29) is 0 Å². The van der Waals surface area contributed by atoms with Gasteiger partial charge in [0.2, 0.25) is 0 Å². The van der Waals surface area contributed by atoms with Gasteiger partial charge in [0.25, 0.3) is 0 Å². The molecule has 1 heterocycles. The second-order valence-electron chi connectivity index (χ2n) is 14.6. The summed E-state index contributed by atoms with van der Waals surface area (Å²) in [5.74, 6) is 0. The van der Waals surface area contributed by atoms with Gasteiger partial charge in [0.05, 0.1) is 5.69 Å². The average molecular weight is 729 g/mol. The van der Waals surface area contributed by atoms with Crippen molar-refractivity contribution in [2.24, 2.45) is 0 Å². The Bertz CT molecular complexity index is 3240. The molecular weight excluding hydrogens is 693 g/mol. The normalized spacial score (nSPS) is 11.5. The lowest BCUT2D eigenvalue weighted by Crippen LogP contribution is -2.13. The van der Waals surface area contributed by atoms with Crippen LogP contribution in [0.4, 0.5) is 34.1 Å². The van der Waals surface area contributed by atoms with Gasteiger partial charge in [0.1, 0.15) is 5.58 Å². The zero-order valence-electron chi connectivity index (χ0n) is 31.1. The molecule has 10 aromatic carbocycles. The number of fused-ring (bicyclic) bond motifs is 7. The number of anilines is 6. The lowest BCUT2D eigenvalue weighted by molar-refractivity contribution is 0.673. The van der Waals surface area contributed by atoms with Crippen LogP contribution in [-0.4, -0.2) is 0 Å². The lowest BCUT2D eigenvalue weighted by atomic mass is 10.0. The van der Waals surface area contributed by atoms with Gasteiger partial charge in [0, 0.05) is 44.6 Å². The second-order valence-corrected chi connectivity index (χ2v) is 14.6. The molecule has 0 amide bonds. The van der Waals surface area contributed by atoms with Crippen molar-refractivity contribution in [2.75, 3.05) is 9.80 Å². The SMILES string of the molecule is c1ccc(-c2ccc(N(c3ccc4ccccc4c3)c3cc(N(c4ccccc4)c4ccc5ccccc5c4)c4oc5c6ccccc6ccc5c4c3)cc2)cc1. The molecule has 0 saturated heterocycles. The lowest BCUT2D eigenvalue weighted by Gasteiger charge is -2.30. The fourth-order valence-electron chi connectivity index (χ4n) is 8.39. The van der Waals surface area contributed by atoms with Crippen LogP contribution in [0.1, 0.15) is 0 Å². The first-order valence-corrected chi connectivity index (χ1v) is 19.4. The average Bonchev–Trinajstić information content (AvgIpc) is 3.67. The molecule has 0 unspecified atom stereocenters. The number of nitrogens with zero attached hydrogens (tertiary/aromatic N) is 2. The van der Waals surface area contributed by atoms with Crippen molar-refractivity contribution in [2.45, 2.75) is 0 Å². The number of hydrogen-bond donors (Lipinski definition) is 0. The number of benzene rings is 10. The molecule has 0 aliphatic rings. The van der Waals surface area contributed by atoms with Gasteiger partial charge in [0.15, 0.2) is 5.58 Å². The summed E-state index contributed by atoms with van der Waals surface area (Å²) < 4.78 is 7.12. The third-order valence-corrected chi connectivity index (χ3v) is 11.2. The second kappa shape index (κ2) is 13.6. The van der Waals surface area contributed by atoms with Gasteiger partial charge in [-0.25, -0.2) is 0 Å². The molecule has 1 aromatic heterocycles. The minimum atomic E-state index is 0.833. The van der Waals surface area contributed by atoms with Crippen LogP contribution in [0.25, 0.3) is 65.4 Å². The predicted molar refractivity (Wildman–Crippen MR) is 241 cm³/mol.